The molecule has 1 nitrogen and oxygen atoms in total. The van der Waals surface area contributed by atoms with Gasteiger partial charge in [0.2, 0.25) is 0 Å². The Morgan fingerprint density at radius 1 is 1.31 bits per heavy atom. The molecule has 0 aromatic heterocycles. The molecule has 1 rings (SSSR count). The molecule has 0 fully saturated rings. The highest BCUT2D eigenvalue weighted by Crippen LogP contribution is 2.29. The zero-order chi connectivity index (χ0) is 12.2. The van der Waals surface area contributed by atoms with Gasteiger partial charge in [0, 0.05) is 6.42 Å². The lowest BCUT2D eigenvalue weighted by Crippen LogP contribution is -2.17. The van der Waals surface area contributed by atoms with Gasteiger partial charge >= 0.3 is 0 Å². The average molecular weight is 218 g/mol. The number of hydrogen-bond acceptors (Lipinski definition) is 1. The van der Waals surface area contributed by atoms with Crippen LogP contribution in [0.4, 0.5) is 0 Å². The van der Waals surface area contributed by atoms with Crippen molar-refractivity contribution in [3.63, 3.8) is 0 Å². The lowest BCUT2D eigenvalue weighted by atomic mass is 9.79. The van der Waals surface area contributed by atoms with E-state index in [1.165, 1.54) is 11.1 Å². The summed E-state index contributed by atoms with van der Waals surface area (Å²) in [4.78, 5) is 10.9. The summed E-state index contributed by atoms with van der Waals surface area (Å²) in [5.41, 5.74) is 2.84. The summed E-state index contributed by atoms with van der Waals surface area (Å²) in [6.45, 7) is 8.29. The van der Waals surface area contributed by atoms with Gasteiger partial charge in [0.25, 0.3) is 0 Å². The molecule has 0 heterocycles. The van der Waals surface area contributed by atoms with Gasteiger partial charge in [-0.2, -0.15) is 0 Å². The van der Waals surface area contributed by atoms with E-state index in [9.17, 15) is 4.79 Å². The third-order valence-corrected chi connectivity index (χ3v) is 3.13. The molecule has 0 aliphatic rings. The molecular formula is C15H22O. The molecule has 88 valence electrons. The van der Waals surface area contributed by atoms with Gasteiger partial charge in [0.1, 0.15) is 5.78 Å². The number of hydrogen-bond donors (Lipinski definition) is 0. The summed E-state index contributed by atoms with van der Waals surface area (Å²) < 4.78 is 0. The monoisotopic (exact) mass is 218 g/mol. The molecule has 0 unspecified atom stereocenters. The van der Waals surface area contributed by atoms with Gasteiger partial charge in [0.05, 0.1) is 0 Å². The van der Waals surface area contributed by atoms with Crippen LogP contribution < -0.4 is 0 Å². The zero-order valence-corrected chi connectivity index (χ0v) is 10.8. The molecule has 0 radical (unpaired) electrons. The van der Waals surface area contributed by atoms with Gasteiger partial charge in [-0.1, -0.05) is 43.7 Å². The van der Waals surface area contributed by atoms with E-state index in [2.05, 4.69) is 45.0 Å². The normalized spacial score (nSPS) is 11.5. The fraction of sp³-hybridized carbons (Fsp3) is 0.533. The Bertz CT molecular complexity index is 363. The maximum absolute atomic E-state index is 10.9. The first-order chi connectivity index (χ1) is 7.42. The van der Waals surface area contributed by atoms with Crippen molar-refractivity contribution in [3.8, 4) is 0 Å². The van der Waals surface area contributed by atoms with Gasteiger partial charge in [-0.3, -0.25) is 0 Å². The fourth-order valence-corrected chi connectivity index (χ4v) is 1.99. The number of aryl methyl sites for hydroxylation is 1. The van der Waals surface area contributed by atoms with Crippen molar-refractivity contribution in [3.05, 3.63) is 35.4 Å². The van der Waals surface area contributed by atoms with Crippen molar-refractivity contribution in [2.75, 3.05) is 0 Å². The number of rotatable bonds is 5. The number of ketones is 1. The maximum atomic E-state index is 10.9. The van der Waals surface area contributed by atoms with Gasteiger partial charge in [0.15, 0.2) is 0 Å². The Kier molecular flexibility index (Phi) is 4.28. The van der Waals surface area contributed by atoms with E-state index >= 15 is 0 Å². The standard InChI is InChI=1S/C15H22O/c1-12-7-5-9-14(11-12)15(3,4)10-6-8-13(2)16/h5,7,9,11H,6,8,10H2,1-4H3. The van der Waals surface area contributed by atoms with Crippen molar-refractivity contribution >= 4 is 5.78 Å². The van der Waals surface area contributed by atoms with Crippen molar-refractivity contribution in [1.82, 2.24) is 0 Å². The summed E-state index contributed by atoms with van der Waals surface area (Å²) in [6.07, 6.45) is 2.75. The third-order valence-electron chi connectivity index (χ3n) is 3.13. The van der Waals surface area contributed by atoms with Crippen LogP contribution in [0.15, 0.2) is 24.3 Å². The SMILES string of the molecule is CC(=O)CCCC(C)(C)c1cccc(C)c1. The highest BCUT2D eigenvalue weighted by Gasteiger charge is 2.20. The van der Waals surface area contributed by atoms with Crippen LogP contribution in [0.2, 0.25) is 0 Å². The van der Waals surface area contributed by atoms with Crippen molar-refractivity contribution in [2.45, 2.75) is 52.4 Å². The fourth-order valence-electron chi connectivity index (χ4n) is 1.99. The first-order valence-corrected chi connectivity index (χ1v) is 5.98. The van der Waals surface area contributed by atoms with Crippen molar-refractivity contribution in [2.24, 2.45) is 0 Å². The Balaban J connectivity index is 2.66. The van der Waals surface area contributed by atoms with Crippen LogP contribution in [0, 0.1) is 6.92 Å². The summed E-state index contributed by atoms with van der Waals surface area (Å²) in [5.74, 6) is 0.292. The minimum atomic E-state index is 0.168. The molecule has 0 amide bonds. The topological polar surface area (TPSA) is 17.1 Å². The minimum absolute atomic E-state index is 0.168. The van der Waals surface area contributed by atoms with Crippen molar-refractivity contribution < 1.29 is 4.79 Å². The summed E-state index contributed by atoms with van der Waals surface area (Å²) in [7, 11) is 0. The van der Waals surface area contributed by atoms with E-state index in [-0.39, 0.29) is 5.41 Å². The number of benzene rings is 1. The average Bonchev–Trinajstić information content (AvgIpc) is 2.16. The second-order valence-corrected chi connectivity index (χ2v) is 5.31. The third kappa shape index (κ3) is 3.80. The molecule has 0 atom stereocenters. The highest BCUT2D eigenvalue weighted by molar-refractivity contribution is 5.75. The van der Waals surface area contributed by atoms with Crippen LogP contribution in [-0.2, 0) is 10.2 Å². The van der Waals surface area contributed by atoms with Crippen LogP contribution in [0.1, 0.15) is 51.2 Å². The first kappa shape index (κ1) is 13.0. The van der Waals surface area contributed by atoms with Crippen LogP contribution in [0.25, 0.3) is 0 Å². The molecule has 1 aromatic rings. The predicted molar refractivity (Wildman–Crippen MR) is 68.7 cm³/mol. The van der Waals surface area contributed by atoms with E-state index in [1.54, 1.807) is 6.92 Å². The number of carbonyl (C=O) groups is 1. The van der Waals surface area contributed by atoms with Gasteiger partial charge in [-0.05, 0) is 37.7 Å². The van der Waals surface area contributed by atoms with Crippen LogP contribution in [-0.4, -0.2) is 5.78 Å². The Labute approximate surface area is 98.9 Å². The molecular weight excluding hydrogens is 196 g/mol. The maximum Gasteiger partial charge on any atom is 0.129 e. The van der Waals surface area contributed by atoms with E-state index < -0.39 is 0 Å². The smallest absolute Gasteiger partial charge is 0.129 e. The van der Waals surface area contributed by atoms with Gasteiger partial charge in [-0.15, -0.1) is 0 Å². The quantitative estimate of drug-likeness (QED) is 0.729. The number of carbonyl (C=O) groups excluding carboxylic acids is 1. The van der Waals surface area contributed by atoms with Gasteiger partial charge in [-0.25, -0.2) is 0 Å². The Hall–Kier alpha value is -1.11. The van der Waals surface area contributed by atoms with Crippen LogP contribution >= 0.6 is 0 Å². The molecule has 0 saturated carbocycles. The molecule has 0 N–H and O–H groups in total. The molecule has 1 heteroatoms. The summed E-state index contributed by atoms with van der Waals surface area (Å²) in [6, 6.07) is 8.65. The Morgan fingerprint density at radius 3 is 2.56 bits per heavy atom. The van der Waals surface area contributed by atoms with Crippen LogP contribution in [0.5, 0.6) is 0 Å². The molecule has 16 heavy (non-hydrogen) atoms. The largest absolute Gasteiger partial charge is 0.300 e. The molecule has 0 saturated heterocycles. The summed E-state index contributed by atoms with van der Waals surface area (Å²) in [5, 5.41) is 0. The lowest BCUT2D eigenvalue weighted by Gasteiger charge is -2.25. The molecule has 0 spiro atoms. The molecule has 0 bridgehead atoms. The van der Waals surface area contributed by atoms with E-state index in [0.717, 1.165) is 12.8 Å². The van der Waals surface area contributed by atoms with E-state index in [1.807, 2.05) is 0 Å². The van der Waals surface area contributed by atoms with E-state index in [0.29, 0.717) is 12.2 Å². The van der Waals surface area contributed by atoms with Crippen molar-refractivity contribution in [1.29, 1.82) is 0 Å². The van der Waals surface area contributed by atoms with E-state index in [4.69, 9.17) is 0 Å². The minimum Gasteiger partial charge on any atom is -0.300 e. The second kappa shape index (κ2) is 5.29. The zero-order valence-electron chi connectivity index (χ0n) is 10.8. The van der Waals surface area contributed by atoms with Crippen LogP contribution in [0.3, 0.4) is 0 Å². The molecule has 1 aromatic carbocycles. The highest BCUT2D eigenvalue weighted by atomic mass is 16.1. The predicted octanol–water partition coefficient (Wildman–Crippen LogP) is 4.03. The number of Topliss-reactive ketones (excluding diaryl/α,β-unsaturated/α-hetero) is 1. The molecule has 0 aliphatic carbocycles. The molecule has 0 aliphatic heterocycles. The Morgan fingerprint density at radius 2 is 2.00 bits per heavy atom. The second-order valence-electron chi connectivity index (χ2n) is 5.31. The first-order valence-electron chi connectivity index (χ1n) is 5.98. The lowest BCUT2D eigenvalue weighted by molar-refractivity contribution is -0.117. The summed E-state index contributed by atoms with van der Waals surface area (Å²) >= 11 is 0. The van der Waals surface area contributed by atoms with Gasteiger partial charge < -0.3 is 4.79 Å².